The zero-order valence-corrected chi connectivity index (χ0v) is 13.9. The largest absolute Gasteiger partial charge is 0.246 e. The lowest BCUT2D eigenvalue weighted by atomic mass is 10.00. The number of fused-ring (bicyclic) bond motifs is 4. The van der Waals surface area contributed by atoms with E-state index in [1.807, 2.05) is 0 Å². The fourth-order valence-electron chi connectivity index (χ4n) is 3.47. The monoisotopic (exact) mass is 394 g/mol. The van der Waals surface area contributed by atoms with Crippen LogP contribution in [-0.2, 0) is 12.8 Å². The number of hydrogen-bond acceptors (Lipinski definition) is 4. The predicted octanol–water partition coefficient (Wildman–Crippen LogP) is 4.44. The van der Waals surface area contributed by atoms with Crippen LogP contribution < -0.4 is 0 Å². The first kappa shape index (κ1) is 17.1. The molecule has 28 heavy (non-hydrogen) atoms. The van der Waals surface area contributed by atoms with Crippen molar-refractivity contribution in [3.8, 4) is 0 Å². The lowest BCUT2D eigenvalue weighted by Gasteiger charge is -2.15. The Morgan fingerprint density at radius 2 is 0.714 bits per heavy atom. The molecule has 1 aliphatic rings. The average Bonchev–Trinajstić information content (AvgIpc) is 2.72. The molecule has 0 unspecified atom stereocenters. The lowest BCUT2D eigenvalue weighted by Crippen LogP contribution is -2.11. The smallest absolute Gasteiger partial charge is 0.199 e. The Kier molecular flexibility index (Phi) is 3.49. The van der Waals surface area contributed by atoms with E-state index in [2.05, 4.69) is 19.9 Å². The number of aryl methyl sites for hydroxylation is 2. The molecule has 4 nitrogen and oxygen atoms in total. The van der Waals surface area contributed by atoms with Crippen molar-refractivity contribution in [3.05, 3.63) is 46.3 Å². The summed E-state index contributed by atoms with van der Waals surface area (Å²) >= 11 is 0. The van der Waals surface area contributed by atoms with E-state index < -0.39 is 68.0 Å². The third-order valence-corrected chi connectivity index (χ3v) is 4.85. The van der Waals surface area contributed by atoms with Crippen LogP contribution in [0.1, 0.15) is 24.2 Å². The van der Waals surface area contributed by atoms with Gasteiger partial charge in [-0.05, 0) is 25.7 Å². The van der Waals surface area contributed by atoms with Gasteiger partial charge in [-0.3, -0.25) is 0 Å². The molecule has 142 valence electrons. The molecule has 0 spiro atoms. The van der Waals surface area contributed by atoms with E-state index in [4.69, 9.17) is 0 Å². The molecule has 0 saturated carbocycles. The molecule has 4 aromatic rings. The summed E-state index contributed by atoms with van der Waals surface area (Å²) in [4.78, 5) is 15.3. The molecule has 10 heteroatoms. The van der Waals surface area contributed by atoms with E-state index in [1.54, 1.807) is 0 Å². The summed E-state index contributed by atoms with van der Waals surface area (Å²) in [5, 5.41) is 0. The maximum Gasteiger partial charge on any atom is 0.199 e. The average molecular weight is 394 g/mol. The maximum atomic E-state index is 15.0. The van der Waals surface area contributed by atoms with Crippen molar-refractivity contribution in [1.29, 1.82) is 0 Å². The second-order valence-corrected chi connectivity index (χ2v) is 6.52. The van der Waals surface area contributed by atoms with Crippen LogP contribution in [0, 0.1) is 34.9 Å². The molecule has 0 saturated heterocycles. The van der Waals surface area contributed by atoms with Crippen molar-refractivity contribution >= 4 is 33.1 Å². The molecule has 2 heterocycles. The van der Waals surface area contributed by atoms with Gasteiger partial charge in [-0.2, -0.15) is 0 Å². The zero-order valence-electron chi connectivity index (χ0n) is 13.9. The van der Waals surface area contributed by atoms with Crippen LogP contribution >= 0.6 is 0 Å². The third-order valence-electron chi connectivity index (χ3n) is 4.85. The lowest BCUT2D eigenvalue weighted by molar-refractivity contribution is 0.416. The number of benzene rings is 2. The first-order valence-corrected chi connectivity index (χ1v) is 8.38. The van der Waals surface area contributed by atoms with Crippen LogP contribution in [0.5, 0.6) is 0 Å². The topological polar surface area (TPSA) is 51.6 Å². The van der Waals surface area contributed by atoms with Gasteiger partial charge in [0, 0.05) is 0 Å². The van der Waals surface area contributed by atoms with Crippen LogP contribution in [0.25, 0.3) is 33.1 Å². The second-order valence-electron chi connectivity index (χ2n) is 6.52. The molecule has 0 fully saturated rings. The second kappa shape index (κ2) is 5.73. The minimum Gasteiger partial charge on any atom is -0.246 e. The fraction of sp³-hybridized carbons (Fsp3) is 0.222. The number of aromatic nitrogens is 4. The van der Waals surface area contributed by atoms with Crippen molar-refractivity contribution < 1.29 is 26.3 Å². The van der Waals surface area contributed by atoms with Crippen molar-refractivity contribution in [2.45, 2.75) is 25.7 Å². The molecule has 0 radical (unpaired) electrons. The van der Waals surface area contributed by atoms with Gasteiger partial charge < -0.3 is 0 Å². The highest BCUT2D eigenvalue weighted by Crippen LogP contribution is 2.32. The predicted molar refractivity (Wildman–Crippen MR) is 86.5 cm³/mol. The van der Waals surface area contributed by atoms with Gasteiger partial charge in [-0.15, -0.1) is 0 Å². The summed E-state index contributed by atoms with van der Waals surface area (Å²) < 4.78 is 85.0. The Balaban J connectivity index is 1.97. The van der Waals surface area contributed by atoms with E-state index in [9.17, 15) is 17.6 Å². The van der Waals surface area contributed by atoms with Gasteiger partial charge in [0.05, 0.1) is 11.4 Å². The van der Waals surface area contributed by atoms with Crippen LogP contribution in [0.2, 0.25) is 0 Å². The van der Waals surface area contributed by atoms with E-state index in [0.29, 0.717) is 24.2 Å². The first-order chi connectivity index (χ1) is 13.4. The standard InChI is InChI=1S/C18H8F6N4/c19-7-8(20)10(22)14-13(9(7)21)27-17-11(23)15-16(12(24)18(17)28-14)26-6-4-2-1-3-5(6)25-15/h1-4H2. The molecule has 0 bridgehead atoms. The van der Waals surface area contributed by atoms with Crippen molar-refractivity contribution in [3.63, 3.8) is 0 Å². The van der Waals surface area contributed by atoms with E-state index in [1.165, 1.54) is 0 Å². The number of hydrogen-bond donors (Lipinski definition) is 0. The van der Waals surface area contributed by atoms with Gasteiger partial charge >= 0.3 is 0 Å². The highest BCUT2D eigenvalue weighted by molar-refractivity contribution is 5.96. The molecule has 2 aromatic carbocycles. The van der Waals surface area contributed by atoms with E-state index in [0.717, 1.165) is 12.8 Å². The molecule has 5 rings (SSSR count). The van der Waals surface area contributed by atoms with Gasteiger partial charge in [-0.1, -0.05) is 0 Å². The third kappa shape index (κ3) is 2.14. The summed E-state index contributed by atoms with van der Waals surface area (Å²) in [6.07, 6.45) is 2.74. The number of rotatable bonds is 0. The Bertz CT molecular complexity index is 1240. The van der Waals surface area contributed by atoms with Crippen LogP contribution in [0.15, 0.2) is 0 Å². The normalized spacial score (nSPS) is 14.2. The quantitative estimate of drug-likeness (QED) is 0.192. The minimum atomic E-state index is -2.12. The van der Waals surface area contributed by atoms with E-state index >= 15 is 8.78 Å². The molecular weight excluding hydrogens is 386 g/mol. The summed E-state index contributed by atoms with van der Waals surface area (Å²) in [6.45, 7) is 0. The Morgan fingerprint density at radius 1 is 0.393 bits per heavy atom. The molecule has 0 amide bonds. The van der Waals surface area contributed by atoms with Crippen LogP contribution in [0.4, 0.5) is 26.3 Å². The maximum absolute atomic E-state index is 15.0. The molecule has 0 aliphatic heterocycles. The van der Waals surface area contributed by atoms with Gasteiger partial charge in [-0.25, -0.2) is 46.3 Å². The van der Waals surface area contributed by atoms with Gasteiger partial charge in [0.2, 0.25) is 0 Å². The van der Waals surface area contributed by atoms with Crippen LogP contribution in [-0.4, -0.2) is 19.9 Å². The Morgan fingerprint density at radius 3 is 1.11 bits per heavy atom. The fourth-order valence-corrected chi connectivity index (χ4v) is 3.47. The Labute approximate surface area is 152 Å². The summed E-state index contributed by atoms with van der Waals surface area (Å²) in [5.74, 6) is -10.2. The Hall–Kier alpha value is -3.04. The summed E-state index contributed by atoms with van der Waals surface area (Å²) in [7, 11) is 0. The highest BCUT2D eigenvalue weighted by atomic mass is 19.2. The van der Waals surface area contributed by atoms with E-state index in [-0.39, 0.29) is 0 Å². The van der Waals surface area contributed by atoms with Gasteiger partial charge in [0.1, 0.15) is 33.1 Å². The van der Waals surface area contributed by atoms with Gasteiger partial charge in [0.15, 0.2) is 34.9 Å². The van der Waals surface area contributed by atoms with Crippen molar-refractivity contribution in [1.82, 2.24) is 19.9 Å². The molecule has 2 aromatic heterocycles. The molecule has 0 atom stereocenters. The SMILES string of the molecule is Fc1c(F)c(F)c2nc3c(F)c4nc5c(nc4c(F)c3nc2c1F)CCCC5. The first-order valence-electron chi connectivity index (χ1n) is 8.38. The summed E-state index contributed by atoms with van der Waals surface area (Å²) in [5.41, 5.74) is -3.45. The highest BCUT2D eigenvalue weighted by Gasteiger charge is 2.27. The van der Waals surface area contributed by atoms with Crippen LogP contribution in [0.3, 0.4) is 0 Å². The van der Waals surface area contributed by atoms with Crippen molar-refractivity contribution in [2.24, 2.45) is 0 Å². The molecule has 0 N–H and O–H groups in total. The number of halogens is 6. The van der Waals surface area contributed by atoms with Gasteiger partial charge in [0.25, 0.3) is 0 Å². The van der Waals surface area contributed by atoms with Crippen molar-refractivity contribution in [2.75, 3.05) is 0 Å². The minimum absolute atomic E-state index is 0.428. The molecule has 1 aliphatic carbocycles. The molecular formula is C18H8F6N4. The summed E-state index contributed by atoms with van der Waals surface area (Å²) in [6, 6.07) is 0. The number of nitrogens with zero attached hydrogens (tertiary/aromatic N) is 4. The zero-order chi connectivity index (χ0) is 19.7.